The zero-order valence-corrected chi connectivity index (χ0v) is 17.4. The Morgan fingerprint density at radius 3 is 2.59 bits per heavy atom. The van der Waals surface area contributed by atoms with Crippen molar-refractivity contribution in [2.24, 2.45) is 0 Å². The fraction of sp³-hybridized carbons (Fsp3) is 0.400. The number of thioether (sulfide) groups is 2. The van der Waals surface area contributed by atoms with Crippen molar-refractivity contribution in [3.05, 3.63) is 58.6 Å². The highest BCUT2D eigenvalue weighted by Crippen LogP contribution is 2.47. The molecule has 0 spiro atoms. The molecule has 0 radical (unpaired) electrons. The molecule has 0 bridgehead atoms. The Morgan fingerprint density at radius 1 is 1.15 bits per heavy atom. The third-order valence-corrected chi connectivity index (χ3v) is 7.05. The molecule has 7 heteroatoms. The zero-order valence-electron chi connectivity index (χ0n) is 15.0. The summed E-state index contributed by atoms with van der Waals surface area (Å²) in [6.45, 7) is 2.63. The second kappa shape index (κ2) is 8.27. The number of hydrogen-bond acceptors (Lipinski definition) is 3. The molecular formula is C20H20ClF3OS2. The Hall–Kier alpha value is -0.820. The van der Waals surface area contributed by atoms with Gasteiger partial charge in [-0.25, -0.2) is 0 Å². The summed E-state index contributed by atoms with van der Waals surface area (Å²) in [5, 5.41) is 0.667. The topological polar surface area (TPSA) is 9.23 Å². The highest BCUT2D eigenvalue weighted by Gasteiger charge is 2.36. The predicted octanol–water partition coefficient (Wildman–Crippen LogP) is 7.48. The summed E-state index contributed by atoms with van der Waals surface area (Å²) in [7, 11) is 0. The number of benzene rings is 2. The molecule has 3 rings (SSSR count). The Morgan fingerprint density at radius 2 is 1.93 bits per heavy atom. The maximum Gasteiger partial charge on any atom is 0.416 e. The summed E-state index contributed by atoms with van der Waals surface area (Å²) < 4.78 is 44.7. The van der Waals surface area contributed by atoms with E-state index in [9.17, 15) is 13.2 Å². The van der Waals surface area contributed by atoms with Crippen molar-refractivity contribution in [2.75, 3.05) is 12.9 Å². The van der Waals surface area contributed by atoms with Gasteiger partial charge in [-0.3, -0.25) is 0 Å². The first kappa shape index (κ1) is 20.9. The first-order valence-electron chi connectivity index (χ1n) is 8.51. The first-order chi connectivity index (χ1) is 12.7. The van der Waals surface area contributed by atoms with Crippen LogP contribution in [0.15, 0.2) is 52.3 Å². The van der Waals surface area contributed by atoms with E-state index >= 15 is 0 Å². The molecule has 1 aliphatic rings. The smallest absolute Gasteiger partial charge is 0.373 e. The van der Waals surface area contributed by atoms with Crippen LogP contribution < -0.4 is 0 Å². The minimum atomic E-state index is -4.33. The number of hydrogen-bond donors (Lipinski definition) is 0. The van der Waals surface area contributed by atoms with Gasteiger partial charge in [0.25, 0.3) is 0 Å². The van der Waals surface area contributed by atoms with Crippen molar-refractivity contribution in [2.45, 2.75) is 46.6 Å². The largest absolute Gasteiger partial charge is 0.416 e. The summed E-state index contributed by atoms with van der Waals surface area (Å²) in [4.78, 5) is 1.71. The fourth-order valence-corrected chi connectivity index (χ4v) is 5.31. The third-order valence-electron chi connectivity index (χ3n) is 4.65. The molecule has 27 heavy (non-hydrogen) atoms. The van der Waals surface area contributed by atoms with Crippen LogP contribution in [0.2, 0.25) is 5.02 Å². The van der Waals surface area contributed by atoms with Gasteiger partial charge in [-0.1, -0.05) is 23.7 Å². The van der Waals surface area contributed by atoms with E-state index in [1.807, 2.05) is 24.5 Å². The quantitative estimate of drug-likeness (QED) is 0.463. The summed E-state index contributed by atoms with van der Waals surface area (Å²) >= 11 is 9.54. The molecule has 2 atom stereocenters. The Balaban J connectivity index is 1.79. The molecule has 0 amide bonds. The summed E-state index contributed by atoms with van der Waals surface area (Å²) in [6.07, 6.45) is -1.05. The van der Waals surface area contributed by atoms with Gasteiger partial charge in [0.05, 0.1) is 11.7 Å². The predicted molar refractivity (Wildman–Crippen MR) is 107 cm³/mol. The number of halogens is 4. The van der Waals surface area contributed by atoms with Crippen LogP contribution in [0.3, 0.4) is 0 Å². The molecule has 0 N–H and O–H groups in total. The van der Waals surface area contributed by atoms with E-state index in [1.54, 1.807) is 17.8 Å². The van der Waals surface area contributed by atoms with Crippen LogP contribution in [0.4, 0.5) is 13.2 Å². The molecular weight excluding hydrogens is 413 g/mol. The minimum absolute atomic E-state index is 0.162. The van der Waals surface area contributed by atoms with Crippen molar-refractivity contribution in [3.63, 3.8) is 0 Å². The summed E-state index contributed by atoms with van der Waals surface area (Å²) in [6, 6.07) is 11.4. The van der Waals surface area contributed by atoms with Crippen LogP contribution in [0.25, 0.3) is 0 Å². The average molecular weight is 433 g/mol. The number of alkyl halides is 3. The highest BCUT2D eigenvalue weighted by molar-refractivity contribution is 8.00. The van der Waals surface area contributed by atoms with Crippen molar-refractivity contribution >= 4 is 35.1 Å². The van der Waals surface area contributed by atoms with Crippen molar-refractivity contribution in [1.29, 1.82) is 0 Å². The van der Waals surface area contributed by atoms with E-state index in [1.165, 1.54) is 23.9 Å². The Bertz CT molecular complexity index is 812. The van der Waals surface area contributed by atoms with E-state index in [2.05, 4.69) is 6.92 Å². The van der Waals surface area contributed by atoms with Gasteiger partial charge in [0.1, 0.15) is 0 Å². The van der Waals surface area contributed by atoms with E-state index in [4.69, 9.17) is 16.3 Å². The second-order valence-corrected chi connectivity index (χ2v) is 9.73. The lowest BCUT2D eigenvalue weighted by atomic mass is 9.92. The van der Waals surface area contributed by atoms with Crippen LogP contribution in [0.5, 0.6) is 0 Å². The normalized spacial score (nSPS) is 23.4. The molecule has 146 valence electrons. The molecule has 0 saturated carbocycles. The summed E-state index contributed by atoms with van der Waals surface area (Å²) in [5.74, 6) is 0. The van der Waals surface area contributed by atoms with Gasteiger partial charge in [0.15, 0.2) is 0 Å². The molecule has 2 aromatic rings. The maximum atomic E-state index is 13.0. The second-order valence-electron chi connectivity index (χ2n) is 6.78. The van der Waals surface area contributed by atoms with Gasteiger partial charge < -0.3 is 4.74 Å². The summed E-state index contributed by atoms with van der Waals surface area (Å²) in [5.41, 5.74) is 0.320. The zero-order chi connectivity index (χ0) is 19.7. The van der Waals surface area contributed by atoms with E-state index < -0.39 is 11.7 Å². The van der Waals surface area contributed by atoms with Gasteiger partial charge in [0.2, 0.25) is 0 Å². The number of ether oxygens (including phenoxy) is 1. The molecule has 1 heterocycles. The monoisotopic (exact) mass is 432 g/mol. The molecule has 2 aromatic carbocycles. The molecule has 1 aliphatic heterocycles. The lowest BCUT2D eigenvalue weighted by Crippen LogP contribution is -2.32. The van der Waals surface area contributed by atoms with Crippen LogP contribution in [-0.2, 0) is 10.9 Å². The third kappa shape index (κ3) is 5.17. The molecule has 2 unspecified atom stereocenters. The lowest BCUT2D eigenvalue weighted by molar-refractivity contribution is -0.137. The Labute approximate surface area is 171 Å². The minimum Gasteiger partial charge on any atom is -0.373 e. The maximum absolute atomic E-state index is 13.0. The van der Waals surface area contributed by atoms with Crippen LogP contribution >= 0.6 is 35.1 Å². The number of rotatable bonds is 4. The van der Waals surface area contributed by atoms with Crippen LogP contribution in [-0.4, -0.2) is 17.6 Å². The SMILES string of the molecule is CSc1ccc(C2CC(C)(Sc3cccc(C(F)(F)F)c3)CCO2)c(Cl)c1. The first-order valence-corrected chi connectivity index (χ1v) is 10.9. The highest BCUT2D eigenvalue weighted by atomic mass is 35.5. The van der Waals surface area contributed by atoms with E-state index in [0.717, 1.165) is 22.9 Å². The van der Waals surface area contributed by atoms with Crippen LogP contribution in [0, 0.1) is 0 Å². The van der Waals surface area contributed by atoms with Gasteiger partial charge in [-0.2, -0.15) is 13.2 Å². The van der Waals surface area contributed by atoms with Gasteiger partial charge >= 0.3 is 6.18 Å². The Kier molecular flexibility index (Phi) is 6.41. The average Bonchev–Trinajstić information content (AvgIpc) is 2.60. The standard InChI is InChI=1S/C20H20ClF3OS2/c1-19(27-15-5-3-4-13(10-15)20(22,23)24)8-9-25-18(12-19)16-7-6-14(26-2)11-17(16)21/h3-7,10-11,18H,8-9,12H2,1-2H3. The molecule has 1 fully saturated rings. The molecule has 0 aliphatic carbocycles. The molecule has 1 saturated heterocycles. The molecule has 0 aromatic heterocycles. The molecule has 1 nitrogen and oxygen atoms in total. The fourth-order valence-electron chi connectivity index (χ4n) is 3.18. The van der Waals surface area contributed by atoms with E-state index in [-0.39, 0.29) is 10.9 Å². The van der Waals surface area contributed by atoms with Gasteiger partial charge in [-0.15, -0.1) is 23.5 Å². The van der Waals surface area contributed by atoms with Crippen molar-refractivity contribution in [1.82, 2.24) is 0 Å². The van der Waals surface area contributed by atoms with Gasteiger partial charge in [0, 0.05) is 26.2 Å². The van der Waals surface area contributed by atoms with Crippen LogP contribution in [0.1, 0.15) is 37.0 Å². The van der Waals surface area contributed by atoms with E-state index in [0.29, 0.717) is 22.9 Å². The van der Waals surface area contributed by atoms with Crippen molar-refractivity contribution < 1.29 is 17.9 Å². The van der Waals surface area contributed by atoms with Crippen molar-refractivity contribution in [3.8, 4) is 0 Å². The van der Waals surface area contributed by atoms with Gasteiger partial charge in [-0.05, 0) is 61.9 Å². The lowest BCUT2D eigenvalue weighted by Gasteiger charge is -2.38.